The van der Waals surface area contributed by atoms with E-state index < -0.39 is 0 Å². The van der Waals surface area contributed by atoms with E-state index in [1.165, 1.54) is 6.07 Å². The third kappa shape index (κ3) is 7.54. The van der Waals surface area contributed by atoms with Crippen molar-refractivity contribution < 1.29 is 14.3 Å². The van der Waals surface area contributed by atoms with Gasteiger partial charge in [-0.1, -0.05) is 65.7 Å². The second-order valence-corrected chi connectivity index (χ2v) is 14.0. The van der Waals surface area contributed by atoms with Crippen molar-refractivity contribution in [3.05, 3.63) is 104 Å². The molecule has 268 valence electrons. The zero-order chi connectivity index (χ0) is 36.4. The van der Waals surface area contributed by atoms with Gasteiger partial charge < -0.3 is 26.0 Å². The maximum absolute atomic E-state index is 13.3. The highest BCUT2D eigenvalue weighted by molar-refractivity contribution is 6.39. The number of nitrogens with one attached hydrogen (secondary N) is 4. The molecule has 2 atom stereocenters. The van der Waals surface area contributed by atoms with Crippen LogP contribution in [-0.4, -0.2) is 58.5 Å². The van der Waals surface area contributed by atoms with Gasteiger partial charge in [-0.3, -0.25) is 18.8 Å². The predicted octanol–water partition coefficient (Wildman–Crippen LogP) is 5.45. The van der Waals surface area contributed by atoms with E-state index in [0.29, 0.717) is 72.0 Å². The summed E-state index contributed by atoms with van der Waals surface area (Å²) in [7, 11) is 1.59. The van der Waals surface area contributed by atoms with Gasteiger partial charge in [0.15, 0.2) is 0 Å². The number of carbonyl (C=O) groups excluding carboxylic acids is 2. The number of rotatable bonds is 12. The molecule has 2 fully saturated rings. The van der Waals surface area contributed by atoms with Crippen LogP contribution in [0.1, 0.15) is 42.5 Å². The maximum atomic E-state index is 13.3. The first-order chi connectivity index (χ1) is 25.2. The van der Waals surface area contributed by atoms with E-state index in [2.05, 4.69) is 21.3 Å². The summed E-state index contributed by atoms with van der Waals surface area (Å²) in [6.45, 7) is 4.16. The molecule has 4 N–H and O–H groups in total. The standard InChI is InChI=1S/C39H39Cl2N7O4/c1-22-15-24(21-48-35(51)16-27(46-38(22)48)20-43-19-26-11-14-34(50)45-26)28-5-3-6-29(36(28)40)30-7-4-8-31(37(30)41)32-12-9-23(39(47-32)52-2)17-42-18-25-10-13-33(49)44-25/h3-9,12,15-16,21,25-26,42-43H,10-11,13-14,17-20H2,1-2H3,(H,44,49)(H,45,50)/t25-,26+/m0/s1. The van der Waals surface area contributed by atoms with E-state index in [-0.39, 0.29) is 29.5 Å². The Bertz CT molecular complexity index is 2240. The Hall–Kier alpha value is -4.81. The smallest absolute Gasteiger partial charge is 0.258 e. The number of hydrogen-bond acceptors (Lipinski definition) is 8. The van der Waals surface area contributed by atoms with E-state index >= 15 is 0 Å². The Morgan fingerprint density at radius 3 is 2.06 bits per heavy atom. The zero-order valence-electron chi connectivity index (χ0n) is 28.9. The largest absolute Gasteiger partial charge is 0.481 e. The Kier molecular flexibility index (Phi) is 10.6. The van der Waals surface area contributed by atoms with E-state index in [4.69, 9.17) is 37.9 Å². The van der Waals surface area contributed by atoms with Gasteiger partial charge in [-0.2, -0.15) is 0 Å². The number of hydrogen-bond donors (Lipinski definition) is 4. The van der Waals surface area contributed by atoms with Crippen LogP contribution in [0, 0.1) is 6.92 Å². The molecule has 0 aliphatic carbocycles. The molecule has 0 bridgehead atoms. The Morgan fingerprint density at radius 2 is 1.42 bits per heavy atom. The highest BCUT2D eigenvalue weighted by Gasteiger charge is 2.22. The van der Waals surface area contributed by atoms with Gasteiger partial charge in [-0.15, -0.1) is 0 Å². The summed E-state index contributed by atoms with van der Waals surface area (Å²) in [4.78, 5) is 45.9. The summed E-state index contributed by atoms with van der Waals surface area (Å²) in [5.74, 6) is 0.648. The topological polar surface area (TPSA) is 139 Å². The minimum Gasteiger partial charge on any atom is -0.481 e. The molecule has 11 nitrogen and oxygen atoms in total. The lowest BCUT2D eigenvalue weighted by atomic mass is 9.97. The third-order valence-corrected chi connectivity index (χ3v) is 10.4. The number of halogens is 2. The van der Waals surface area contributed by atoms with Crippen LogP contribution in [0.25, 0.3) is 39.2 Å². The fourth-order valence-corrected chi connectivity index (χ4v) is 7.56. The number of benzene rings is 2. The number of carbonyl (C=O) groups is 2. The number of methoxy groups -OCH3 is 1. The summed E-state index contributed by atoms with van der Waals surface area (Å²) in [6.07, 6.45) is 4.50. The molecule has 2 saturated heterocycles. The SMILES string of the molecule is COc1nc(-c2cccc(-c3cccc(-c4cc(C)c5nc(CNC[C@H]6CCC(=O)N6)cc(=O)n5c4)c3Cl)c2Cl)ccc1CNC[C@@H]1CCC(=O)N1. The Morgan fingerprint density at radius 1 is 0.808 bits per heavy atom. The van der Waals surface area contributed by atoms with Gasteiger partial charge in [0, 0.05) is 96.7 Å². The molecule has 7 rings (SSSR count). The molecule has 5 heterocycles. The van der Waals surface area contributed by atoms with Crippen LogP contribution in [-0.2, 0) is 22.7 Å². The normalized spacial score (nSPS) is 17.1. The molecule has 5 aromatic rings. The highest BCUT2D eigenvalue weighted by atomic mass is 35.5. The minimum atomic E-state index is -0.198. The van der Waals surface area contributed by atoms with Crippen LogP contribution in [0.3, 0.4) is 0 Å². The van der Waals surface area contributed by atoms with E-state index in [1.54, 1.807) is 17.7 Å². The van der Waals surface area contributed by atoms with Crippen LogP contribution in [0.5, 0.6) is 5.88 Å². The molecule has 0 saturated carbocycles. The molecule has 0 unspecified atom stereocenters. The molecular weight excluding hydrogens is 701 g/mol. The van der Waals surface area contributed by atoms with Crippen LogP contribution < -0.4 is 31.6 Å². The van der Waals surface area contributed by atoms with Crippen molar-refractivity contribution in [3.63, 3.8) is 0 Å². The van der Waals surface area contributed by atoms with Crippen molar-refractivity contribution in [1.29, 1.82) is 0 Å². The summed E-state index contributed by atoms with van der Waals surface area (Å²) in [5.41, 5.74) is 7.08. The number of amides is 2. The van der Waals surface area contributed by atoms with Gasteiger partial charge in [0.2, 0.25) is 17.7 Å². The van der Waals surface area contributed by atoms with E-state index in [9.17, 15) is 14.4 Å². The van der Waals surface area contributed by atoms with Gasteiger partial charge in [0.05, 0.1) is 28.5 Å². The summed E-state index contributed by atoms with van der Waals surface area (Å²) in [6, 6.07) is 19.1. The third-order valence-electron chi connectivity index (χ3n) is 9.58. The van der Waals surface area contributed by atoms with Crippen LogP contribution in [0.15, 0.2) is 71.7 Å². The lowest BCUT2D eigenvalue weighted by Crippen LogP contribution is -2.35. The average molecular weight is 741 g/mol. The fourth-order valence-electron chi connectivity index (χ4n) is 6.90. The molecule has 0 radical (unpaired) electrons. The summed E-state index contributed by atoms with van der Waals surface area (Å²) in [5, 5.41) is 13.6. The maximum Gasteiger partial charge on any atom is 0.258 e. The molecule has 2 aromatic carbocycles. The van der Waals surface area contributed by atoms with Crippen molar-refractivity contribution in [3.8, 4) is 39.4 Å². The average Bonchev–Trinajstić information content (AvgIpc) is 3.75. The highest BCUT2D eigenvalue weighted by Crippen LogP contribution is 2.42. The quantitative estimate of drug-likeness (QED) is 0.133. The molecule has 52 heavy (non-hydrogen) atoms. The fraction of sp³-hybridized carbons (Fsp3) is 0.308. The van der Waals surface area contributed by atoms with E-state index in [0.717, 1.165) is 51.8 Å². The molecule has 2 aliphatic heterocycles. The minimum absolute atomic E-state index is 0.0702. The van der Waals surface area contributed by atoms with Crippen LogP contribution in [0.4, 0.5) is 0 Å². The summed E-state index contributed by atoms with van der Waals surface area (Å²) < 4.78 is 7.20. The molecular formula is C39H39Cl2N7O4. The number of ether oxygens (including phenoxy) is 1. The Balaban J connectivity index is 1.13. The number of pyridine rings is 2. The van der Waals surface area contributed by atoms with E-state index in [1.807, 2.05) is 61.5 Å². The number of fused-ring (bicyclic) bond motifs is 1. The molecule has 0 spiro atoms. The monoisotopic (exact) mass is 739 g/mol. The van der Waals surface area contributed by atoms with Gasteiger partial charge in [0.1, 0.15) is 5.65 Å². The van der Waals surface area contributed by atoms with Crippen molar-refractivity contribution in [2.75, 3.05) is 20.2 Å². The molecule has 2 aliphatic rings. The first-order valence-corrected chi connectivity index (χ1v) is 18.1. The summed E-state index contributed by atoms with van der Waals surface area (Å²) >= 11 is 14.3. The van der Waals surface area contributed by atoms with Crippen molar-refractivity contribution in [2.45, 2.75) is 57.8 Å². The van der Waals surface area contributed by atoms with Gasteiger partial charge in [-0.25, -0.2) is 9.97 Å². The number of nitrogens with zero attached hydrogens (tertiary/aromatic N) is 3. The van der Waals surface area contributed by atoms with Crippen LogP contribution >= 0.6 is 23.2 Å². The first-order valence-electron chi connectivity index (χ1n) is 17.3. The lowest BCUT2D eigenvalue weighted by Gasteiger charge is -2.16. The lowest BCUT2D eigenvalue weighted by molar-refractivity contribution is -0.120. The second-order valence-electron chi connectivity index (χ2n) is 13.3. The van der Waals surface area contributed by atoms with Crippen molar-refractivity contribution in [2.24, 2.45) is 0 Å². The number of aryl methyl sites for hydroxylation is 1. The van der Waals surface area contributed by atoms with Gasteiger partial charge >= 0.3 is 0 Å². The molecule has 2 amide bonds. The van der Waals surface area contributed by atoms with Gasteiger partial charge in [-0.05, 0) is 37.5 Å². The Labute approximate surface area is 311 Å². The predicted molar refractivity (Wildman–Crippen MR) is 203 cm³/mol. The molecule has 13 heteroatoms. The van der Waals surface area contributed by atoms with Crippen LogP contribution in [0.2, 0.25) is 10.0 Å². The first kappa shape index (κ1) is 35.6. The van der Waals surface area contributed by atoms with Crippen molar-refractivity contribution in [1.82, 2.24) is 35.6 Å². The van der Waals surface area contributed by atoms with Crippen molar-refractivity contribution >= 4 is 40.7 Å². The molecule has 3 aromatic heterocycles. The second kappa shape index (κ2) is 15.4. The van der Waals surface area contributed by atoms with Gasteiger partial charge in [0.25, 0.3) is 5.56 Å². The zero-order valence-corrected chi connectivity index (χ0v) is 30.4. The number of aromatic nitrogens is 3.